The van der Waals surface area contributed by atoms with Crippen LogP contribution < -0.4 is 5.73 Å². The molecule has 10 heteroatoms. The molecule has 4 rings (SSSR count). The van der Waals surface area contributed by atoms with Crippen molar-refractivity contribution in [3.05, 3.63) is 40.3 Å². The summed E-state index contributed by atoms with van der Waals surface area (Å²) < 4.78 is 38.6. The van der Waals surface area contributed by atoms with Crippen LogP contribution in [0.5, 0.6) is 0 Å². The van der Waals surface area contributed by atoms with Crippen LogP contribution >= 0.6 is 11.8 Å². The summed E-state index contributed by atoms with van der Waals surface area (Å²) in [6.45, 7) is 0.837. The van der Waals surface area contributed by atoms with E-state index in [2.05, 4.69) is 0 Å². The molecule has 0 radical (unpaired) electrons. The summed E-state index contributed by atoms with van der Waals surface area (Å²) >= 11 is 1.47. The van der Waals surface area contributed by atoms with E-state index in [-0.39, 0.29) is 41.5 Å². The highest BCUT2D eigenvalue weighted by atomic mass is 32.2. The van der Waals surface area contributed by atoms with Crippen molar-refractivity contribution in [2.24, 2.45) is 11.7 Å². The first-order valence-corrected chi connectivity index (χ1v) is 12.4. The number of hydrogen-bond donors (Lipinski definition) is 1. The highest BCUT2D eigenvalue weighted by molar-refractivity contribution is 8.04. The first-order chi connectivity index (χ1) is 16.1. The molecule has 1 aromatic carbocycles. The first-order valence-electron chi connectivity index (χ1n) is 11.6. The zero-order chi connectivity index (χ0) is 24.5. The minimum Gasteiger partial charge on any atom is -0.369 e. The number of rotatable bonds is 4. The Morgan fingerprint density at radius 2 is 1.71 bits per heavy atom. The number of amides is 3. The molecular formula is C24H28F3N3O3S. The molecule has 2 atom stereocenters. The summed E-state index contributed by atoms with van der Waals surface area (Å²) in [5, 5.41) is 0.153. The molecule has 1 saturated carbocycles. The van der Waals surface area contributed by atoms with Crippen LogP contribution in [0.2, 0.25) is 0 Å². The lowest BCUT2D eigenvalue weighted by Crippen LogP contribution is -2.55. The van der Waals surface area contributed by atoms with Gasteiger partial charge in [-0.15, -0.1) is 11.8 Å². The second-order valence-corrected chi connectivity index (χ2v) is 10.4. The van der Waals surface area contributed by atoms with Crippen LogP contribution in [-0.2, 0) is 20.6 Å². The molecule has 2 heterocycles. The van der Waals surface area contributed by atoms with E-state index >= 15 is 0 Å². The molecule has 6 nitrogen and oxygen atoms in total. The molecule has 1 aliphatic carbocycles. The summed E-state index contributed by atoms with van der Waals surface area (Å²) in [6.07, 6.45) is 2.02. The van der Waals surface area contributed by atoms with Crippen molar-refractivity contribution in [1.82, 2.24) is 9.80 Å². The van der Waals surface area contributed by atoms with E-state index in [0.29, 0.717) is 36.4 Å². The molecule has 1 aromatic rings. The monoisotopic (exact) mass is 495 g/mol. The fourth-order valence-electron chi connectivity index (χ4n) is 4.94. The van der Waals surface area contributed by atoms with Gasteiger partial charge in [0.2, 0.25) is 11.8 Å². The van der Waals surface area contributed by atoms with E-state index in [1.54, 1.807) is 15.9 Å². The van der Waals surface area contributed by atoms with E-state index in [4.69, 9.17) is 5.73 Å². The number of fused-ring (bicyclic) bond motifs is 1. The number of carbonyl (C=O) groups is 3. The summed E-state index contributed by atoms with van der Waals surface area (Å²) in [4.78, 5) is 41.6. The first kappa shape index (κ1) is 24.6. The minimum absolute atomic E-state index is 0.0356. The van der Waals surface area contributed by atoms with Gasteiger partial charge in [-0.3, -0.25) is 14.4 Å². The molecule has 184 valence electrons. The Morgan fingerprint density at radius 1 is 1.06 bits per heavy atom. The minimum atomic E-state index is -4.42. The fourth-order valence-corrected chi connectivity index (χ4v) is 6.41. The number of thioether (sulfide) groups is 1. The van der Waals surface area contributed by atoms with Crippen molar-refractivity contribution in [2.75, 3.05) is 19.6 Å². The smallest absolute Gasteiger partial charge is 0.369 e. The summed E-state index contributed by atoms with van der Waals surface area (Å²) in [7, 11) is 0. The predicted molar refractivity (Wildman–Crippen MR) is 123 cm³/mol. The molecule has 3 fully saturated rings. The van der Waals surface area contributed by atoms with E-state index < -0.39 is 11.7 Å². The molecule has 2 saturated heterocycles. The van der Waals surface area contributed by atoms with Crippen LogP contribution in [0.15, 0.2) is 29.2 Å². The van der Waals surface area contributed by atoms with E-state index in [9.17, 15) is 27.6 Å². The Kier molecular flexibility index (Phi) is 7.25. The molecule has 2 N–H and O–H groups in total. The molecule has 2 aliphatic heterocycles. The van der Waals surface area contributed by atoms with Crippen molar-refractivity contribution in [2.45, 2.75) is 56.0 Å². The van der Waals surface area contributed by atoms with Gasteiger partial charge >= 0.3 is 6.18 Å². The predicted octanol–water partition coefficient (Wildman–Crippen LogP) is 3.66. The second-order valence-electron chi connectivity index (χ2n) is 9.13. The maximum Gasteiger partial charge on any atom is 0.416 e. The Bertz CT molecular complexity index is 972. The number of nitrogens with zero attached hydrogens (tertiary/aromatic N) is 2. The second kappa shape index (κ2) is 10.0. The van der Waals surface area contributed by atoms with Gasteiger partial charge in [0.05, 0.1) is 10.5 Å². The third kappa shape index (κ3) is 5.42. The Morgan fingerprint density at radius 3 is 2.32 bits per heavy atom. The van der Waals surface area contributed by atoms with Gasteiger partial charge in [0, 0.05) is 30.3 Å². The van der Waals surface area contributed by atoms with Crippen molar-refractivity contribution >= 4 is 35.6 Å². The lowest BCUT2D eigenvalue weighted by atomic mass is 9.92. The van der Waals surface area contributed by atoms with Crippen molar-refractivity contribution in [1.29, 1.82) is 0 Å². The molecular weight excluding hydrogens is 467 g/mol. The molecule has 34 heavy (non-hydrogen) atoms. The van der Waals surface area contributed by atoms with Gasteiger partial charge in [-0.25, -0.2) is 0 Å². The lowest BCUT2D eigenvalue weighted by molar-refractivity contribution is -0.142. The number of likely N-dealkylation sites (tertiary alicyclic amines) is 1. The number of piperidine rings is 1. The largest absolute Gasteiger partial charge is 0.416 e. The van der Waals surface area contributed by atoms with Gasteiger partial charge in [-0.05, 0) is 49.5 Å². The molecule has 0 aromatic heterocycles. The van der Waals surface area contributed by atoms with E-state index in [1.165, 1.54) is 23.9 Å². The van der Waals surface area contributed by atoms with Crippen molar-refractivity contribution < 1.29 is 27.6 Å². The Balaban J connectivity index is 1.50. The van der Waals surface area contributed by atoms with Gasteiger partial charge in [-0.2, -0.15) is 13.2 Å². The van der Waals surface area contributed by atoms with Crippen LogP contribution in [0.3, 0.4) is 0 Å². The highest BCUT2D eigenvalue weighted by Crippen LogP contribution is 2.42. The number of carbonyl (C=O) groups excluding carboxylic acids is 3. The van der Waals surface area contributed by atoms with Gasteiger partial charge in [0.1, 0.15) is 6.54 Å². The zero-order valence-electron chi connectivity index (χ0n) is 18.7. The summed E-state index contributed by atoms with van der Waals surface area (Å²) in [6, 6.07) is 4.68. The zero-order valence-corrected chi connectivity index (χ0v) is 19.5. The SMILES string of the molecule is NC(=O)C1CCN(C(=O)CN2C(=O)/C(=C/c3ccc(C(F)(F)F)cc3)SC3CCCCC32)CC1. The Labute approximate surface area is 200 Å². The standard InChI is InChI=1S/C24H28F3N3O3S/c25-24(26,27)17-7-5-15(6-8-17)13-20-23(33)30(18-3-1-2-4-19(18)34-20)14-21(31)29-11-9-16(10-12-29)22(28)32/h5-8,13,16,18-19H,1-4,9-12,14H2,(H2,28,32)/b20-13-. The molecule has 3 amide bonds. The van der Waals surface area contributed by atoms with Gasteiger partial charge in [-0.1, -0.05) is 25.0 Å². The average molecular weight is 496 g/mol. The highest BCUT2D eigenvalue weighted by Gasteiger charge is 2.42. The topological polar surface area (TPSA) is 83.7 Å². The summed E-state index contributed by atoms with van der Waals surface area (Å²) in [5.74, 6) is -0.980. The lowest BCUT2D eigenvalue weighted by Gasteiger charge is -2.44. The van der Waals surface area contributed by atoms with Crippen LogP contribution in [0.25, 0.3) is 6.08 Å². The normalized spacial score (nSPS) is 25.4. The quantitative estimate of drug-likeness (QED) is 0.647. The van der Waals surface area contributed by atoms with Gasteiger partial charge in [0.15, 0.2) is 0 Å². The van der Waals surface area contributed by atoms with Crippen molar-refractivity contribution in [3.63, 3.8) is 0 Å². The van der Waals surface area contributed by atoms with E-state index in [1.807, 2.05) is 0 Å². The third-order valence-electron chi connectivity index (χ3n) is 6.91. The van der Waals surface area contributed by atoms with E-state index in [0.717, 1.165) is 37.8 Å². The van der Waals surface area contributed by atoms with Crippen molar-refractivity contribution in [3.8, 4) is 0 Å². The van der Waals surface area contributed by atoms with Gasteiger partial charge < -0.3 is 15.5 Å². The Hall–Kier alpha value is -2.49. The fraction of sp³-hybridized carbons (Fsp3) is 0.542. The maximum atomic E-state index is 13.4. The number of alkyl halides is 3. The number of halogens is 3. The molecule has 0 spiro atoms. The maximum absolute atomic E-state index is 13.4. The third-order valence-corrected chi connectivity index (χ3v) is 8.31. The number of nitrogens with two attached hydrogens (primary N) is 1. The number of primary amides is 1. The number of hydrogen-bond acceptors (Lipinski definition) is 4. The summed E-state index contributed by atoms with van der Waals surface area (Å²) in [5.41, 5.74) is 5.15. The average Bonchev–Trinajstić information content (AvgIpc) is 2.81. The van der Waals surface area contributed by atoms with Crippen LogP contribution in [-0.4, -0.2) is 58.4 Å². The molecule has 3 aliphatic rings. The van der Waals surface area contributed by atoms with Crippen LogP contribution in [0.4, 0.5) is 13.2 Å². The van der Waals surface area contributed by atoms with Gasteiger partial charge in [0.25, 0.3) is 5.91 Å². The van der Waals surface area contributed by atoms with Crippen LogP contribution in [0, 0.1) is 5.92 Å². The van der Waals surface area contributed by atoms with Crippen LogP contribution in [0.1, 0.15) is 49.7 Å². The molecule has 2 unspecified atom stereocenters. The number of benzene rings is 1. The molecule has 0 bridgehead atoms.